The number of benzene rings is 3. The fourth-order valence-corrected chi connectivity index (χ4v) is 4.31. The van der Waals surface area contributed by atoms with Gasteiger partial charge < -0.3 is 29.9 Å². The van der Waals surface area contributed by atoms with E-state index in [9.17, 15) is 19.0 Å². The minimum Gasteiger partial charge on any atom is -0.489 e. The van der Waals surface area contributed by atoms with Crippen molar-refractivity contribution in [2.24, 2.45) is 5.73 Å². The minimum absolute atomic E-state index is 0.0352. The van der Waals surface area contributed by atoms with Crippen molar-refractivity contribution in [1.82, 2.24) is 0 Å². The third-order valence-corrected chi connectivity index (χ3v) is 6.71. The van der Waals surface area contributed by atoms with Crippen molar-refractivity contribution in [2.45, 2.75) is 38.8 Å². The van der Waals surface area contributed by atoms with Crippen molar-refractivity contribution in [3.8, 4) is 17.2 Å². The molecule has 2 atom stereocenters. The first-order valence-corrected chi connectivity index (χ1v) is 14.4. The van der Waals surface area contributed by atoms with Gasteiger partial charge in [-0.15, -0.1) is 0 Å². The van der Waals surface area contributed by atoms with Crippen molar-refractivity contribution in [3.05, 3.63) is 89.5 Å². The smallest absolute Gasteiger partial charge is 0.472 e. The van der Waals surface area contributed by atoms with Crippen LogP contribution in [0.2, 0.25) is 0 Å². The van der Waals surface area contributed by atoms with Gasteiger partial charge >= 0.3 is 19.8 Å². The number of ether oxygens (including phenoxy) is 3. The summed E-state index contributed by atoms with van der Waals surface area (Å²) < 4.78 is 38.2. The van der Waals surface area contributed by atoms with Gasteiger partial charge in [-0.25, -0.2) is 4.57 Å². The average Bonchev–Trinajstić information content (AvgIpc) is 2.95. The minimum atomic E-state index is -4.46. The van der Waals surface area contributed by atoms with Crippen LogP contribution in [0.4, 0.5) is 0 Å². The van der Waals surface area contributed by atoms with Gasteiger partial charge in [0.25, 0.3) is 0 Å². The molecule has 41 heavy (non-hydrogen) atoms. The van der Waals surface area contributed by atoms with Gasteiger partial charge in [-0.05, 0) is 54.3 Å². The number of carboxylic acids is 1. The van der Waals surface area contributed by atoms with Gasteiger partial charge in [0.15, 0.2) is 0 Å². The summed E-state index contributed by atoms with van der Waals surface area (Å²) in [7, 11) is -4.46. The molecule has 3 aromatic carbocycles. The topological polar surface area (TPSA) is 164 Å². The molecule has 0 aliphatic rings. The Morgan fingerprint density at radius 1 is 0.951 bits per heavy atom. The molecule has 0 aliphatic heterocycles. The molecule has 0 aromatic heterocycles. The number of hydrogen-bond donors (Lipinski definition) is 3. The number of phosphoric acid groups is 1. The normalized spacial score (nSPS) is 13.1. The summed E-state index contributed by atoms with van der Waals surface area (Å²) >= 11 is 0. The Morgan fingerprint density at radius 3 is 2.44 bits per heavy atom. The zero-order valence-electron chi connectivity index (χ0n) is 22.6. The van der Waals surface area contributed by atoms with Crippen molar-refractivity contribution in [2.75, 3.05) is 19.8 Å². The highest BCUT2D eigenvalue weighted by molar-refractivity contribution is 7.47. The van der Waals surface area contributed by atoms with E-state index in [0.29, 0.717) is 24.5 Å². The second-order valence-corrected chi connectivity index (χ2v) is 10.5. The Balaban J connectivity index is 1.40. The lowest BCUT2D eigenvalue weighted by Gasteiger charge is -2.14. The molecule has 220 valence electrons. The molecule has 0 aliphatic carbocycles. The molecule has 11 nitrogen and oxygen atoms in total. The molecular weight excluding hydrogens is 553 g/mol. The number of carbonyl (C=O) groups is 2. The summed E-state index contributed by atoms with van der Waals surface area (Å²) in [6.45, 7) is 1.34. The standard InChI is InChI=1S/C29H34NO10P/c1-21-8-2-4-12-26(21)40-24-11-6-9-22(18-24)19-37-27-13-5-3-10-23(27)14-15-28(31)36-16-7-17-38-41(34,35)39-20-25(30)29(32)33/h2-6,8-13,18,25H,7,14-17,19-20,30H2,1H3,(H,32,33)(H,34,35)/t25-/m0/s1. The lowest BCUT2D eigenvalue weighted by Crippen LogP contribution is -2.34. The highest BCUT2D eigenvalue weighted by Gasteiger charge is 2.24. The molecule has 3 aromatic rings. The first-order chi connectivity index (χ1) is 19.6. The Kier molecular flexibility index (Phi) is 12.3. The van der Waals surface area contributed by atoms with Gasteiger partial charge in [0.1, 0.15) is 29.9 Å². The van der Waals surface area contributed by atoms with Crippen LogP contribution >= 0.6 is 7.82 Å². The first-order valence-electron chi connectivity index (χ1n) is 12.9. The molecular formula is C29H34NO10P. The maximum atomic E-state index is 12.2. The van der Waals surface area contributed by atoms with E-state index in [1.54, 1.807) is 0 Å². The van der Waals surface area contributed by atoms with E-state index in [2.05, 4.69) is 4.52 Å². The van der Waals surface area contributed by atoms with E-state index in [1.165, 1.54) is 0 Å². The molecule has 0 saturated heterocycles. The van der Waals surface area contributed by atoms with Crippen LogP contribution in [-0.4, -0.2) is 47.8 Å². The van der Waals surface area contributed by atoms with Gasteiger partial charge in [-0.1, -0.05) is 48.5 Å². The molecule has 0 bridgehead atoms. The third-order valence-electron chi connectivity index (χ3n) is 5.73. The number of carbonyl (C=O) groups excluding carboxylic acids is 1. The maximum Gasteiger partial charge on any atom is 0.472 e. The molecule has 1 unspecified atom stereocenters. The summed E-state index contributed by atoms with van der Waals surface area (Å²) in [5, 5.41) is 8.66. The van der Waals surface area contributed by atoms with E-state index in [-0.39, 0.29) is 26.1 Å². The van der Waals surface area contributed by atoms with Crippen molar-refractivity contribution < 1.29 is 47.4 Å². The van der Waals surface area contributed by atoms with Crippen molar-refractivity contribution in [1.29, 1.82) is 0 Å². The zero-order chi connectivity index (χ0) is 29.7. The van der Waals surface area contributed by atoms with Gasteiger partial charge in [-0.3, -0.25) is 18.6 Å². The fourth-order valence-electron chi connectivity index (χ4n) is 3.53. The van der Waals surface area contributed by atoms with Crippen LogP contribution in [0.1, 0.15) is 29.5 Å². The van der Waals surface area contributed by atoms with Crippen LogP contribution in [0, 0.1) is 6.92 Å². The van der Waals surface area contributed by atoms with Gasteiger partial charge in [0, 0.05) is 12.8 Å². The molecule has 0 fully saturated rings. The van der Waals surface area contributed by atoms with Crippen LogP contribution < -0.4 is 15.2 Å². The second kappa shape index (κ2) is 15.9. The van der Waals surface area contributed by atoms with Gasteiger partial charge in [0.2, 0.25) is 0 Å². The third kappa shape index (κ3) is 11.3. The quantitative estimate of drug-likeness (QED) is 0.113. The predicted molar refractivity (Wildman–Crippen MR) is 150 cm³/mol. The van der Waals surface area contributed by atoms with E-state index in [1.807, 2.05) is 79.7 Å². The van der Waals surface area contributed by atoms with E-state index in [0.717, 1.165) is 22.4 Å². The Morgan fingerprint density at radius 2 is 1.68 bits per heavy atom. The summed E-state index contributed by atoms with van der Waals surface area (Å²) in [6, 6.07) is 21.4. The average molecular weight is 588 g/mol. The second-order valence-electron chi connectivity index (χ2n) is 9.03. The van der Waals surface area contributed by atoms with Crippen LogP contribution in [0.25, 0.3) is 0 Å². The van der Waals surface area contributed by atoms with Crippen molar-refractivity contribution in [3.63, 3.8) is 0 Å². The highest BCUT2D eigenvalue weighted by Crippen LogP contribution is 2.43. The maximum absolute atomic E-state index is 12.2. The Hall–Kier alpha value is -3.73. The number of rotatable bonds is 17. The Labute approximate surface area is 238 Å². The van der Waals surface area contributed by atoms with Gasteiger partial charge in [-0.2, -0.15) is 0 Å². The number of aryl methyl sites for hydroxylation is 2. The Bertz CT molecular complexity index is 1350. The molecule has 3 rings (SSSR count). The van der Waals surface area contributed by atoms with Crippen LogP contribution in [-0.2, 0) is 41.0 Å². The summed E-state index contributed by atoms with van der Waals surface area (Å²) in [5.74, 6) is 0.326. The van der Waals surface area contributed by atoms with E-state index in [4.69, 9.17) is 29.6 Å². The highest BCUT2D eigenvalue weighted by atomic mass is 31.2. The molecule has 12 heteroatoms. The number of esters is 1. The summed E-state index contributed by atoms with van der Waals surface area (Å²) in [5.41, 5.74) is 8.02. The largest absolute Gasteiger partial charge is 0.489 e. The van der Waals surface area contributed by atoms with Crippen LogP contribution in [0.3, 0.4) is 0 Å². The monoisotopic (exact) mass is 587 g/mol. The molecule has 0 amide bonds. The molecule has 0 saturated carbocycles. The number of aliphatic carboxylic acids is 1. The zero-order valence-corrected chi connectivity index (χ0v) is 23.5. The predicted octanol–water partition coefficient (Wildman–Crippen LogP) is 4.78. The van der Waals surface area contributed by atoms with Crippen LogP contribution in [0.5, 0.6) is 17.2 Å². The van der Waals surface area contributed by atoms with E-state index >= 15 is 0 Å². The summed E-state index contributed by atoms with van der Waals surface area (Å²) in [6.07, 6.45) is 0.637. The molecule has 0 heterocycles. The first kappa shape index (κ1) is 31.8. The number of nitrogens with two attached hydrogens (primary N) is 1. The number of para-hydroxylation sites is 2. The number of hydrogen-bond acceptors (Lipinski definition) is 9. The van der Waals surface area contributed by atoms with E-state index < -0.39 is 32.4 Å². The molecule has 4 N–H and O–H groups in total. The van der Waals surface area contributed by atoms with Crippen molar-refractivity contribution >= 4 is 19.8 Å². The fraction of sp³-hybridized carbons (Fsp3) is 0.310. The van der Waals surface area contributed by atoms with Gasteiger partial charge in [0.05, 0.1) is 19.8 Å². The molecule has 0 spiro atoms. The lowest BCUT2D eigenvalue weighted by molar-refractivity contribution is -0.143. The summed E-state index contributed by atoms with van der Waals surface area (Å²) in [4.78, 5) is 32.4. The lowest BCUT2D eigenvalue weighted by atomic mass is 10.1. The SMILES string of the molecule is Cc1ccccc1Oc1cccc(COc2ccccc2CCC(=O)OCCCOP(=O)(O)OC[C@H](N)C(=O)O)c1. The number of phosphoric ester groups is 1. The molecule has 0 radical (unpaired) electrons. The number of carboxylic acid groups (broad SMARTS) is 1. The van der Waals surface area contributed by atoms with Crippen LogP contribution in [0.15, 0.2) is 72.8 Å².